The largest absolute Gasteiger partial charge is 0.481 e. The van der Waals surface area contributed by atoms with Crippen LogP contribution in [0.5, 0.6) is 0 Å². The zero-order chi connectivity index (χ0) is 14.4. The molecular formula is C12H11N3O4. The highest BCUT2D eigenvalue weighted by Gasteiger charge is 2.24. The number of hydrogen-bond acceptors (Lipinski definition) is 5. The molecule has 0 aromatic heterocycles. The van der Waals surface area contributed by atoms with Crippen molar-refractivity contribution in [3.8, 4) is 6.07 Å². The first kappa shape index (κ1) is 14.3. The molecule has 0 bridgehead atoms. The lowest BCUT2D eigenvalue weighted by molar-refractivity contribution is -0.139. The molecule has 0 radical (unpaired) electrons. The van der Waals surface area contributed by atoms with Gasteiger partial charge in [-0.15, -0.1) is 0 Å². The van der Waals surface area contributed by atoms with Crippen molar-refractivity contribution in [1.82, 2.24) is 0 Å². The standard InChI is InChI=1S/C12H11N3O4/c13-6-8-1-3-9(4-2-8)15(7-16)12(19)10(14)5-11(17)18/h1-4,7,10H,5,14H2,(H,17,18)/t10-/m1/s1. The summed E-state index contributed by atoms with van der Waals surface area (Å²) < 4.78 is 0. The lowest BCUT2D eigenvalue weighted by Gasteiger charge is -2.18. The van der Waals surface area contributed by atoms with E-state index in [1.54, 1.807) is 0 Å². The summed E-state index contributed by atoms with van der Waals surface area (Å²) in [5, 5.41) is 17.2. The van der Waals surface area contributed by atoms with E-state index in [4.69, 9.17) is 16.1 Å². The Morgan fingerprint density at radius 1 is 1.42 bits per heavy atom. The third-order valence-electron chi connectivity index (χ3n) is 2.33. The number of anilines is 1. The predicted octanol–water partition coefficient (Wildman–Crippen LogP) is -0.150. The predicted molar refractivity (Wildman–Crippen MR) is 64.9 cm³/mol. The lowest BCUT2D eigenvalue weighted by atomic mass is 10.1. The molecule has 1 aromatic carbocycles. The summed E-state index contributed by atoms with van der Waals surface area (Å²) in [5.41, 5.74) is 6.00. The Kier molecular flexibility index (Phi) is 4.74. The second-order valence-electron chi connectivity index (χ2n) is 3.68. The Balaban J connectivity index is 2.93. The van der Waals surface area contributed by atoms with Crippen LogP contribution in [-0.2, 0) is 14.4 Å². The average molecular weight is 261 g/mol. The summed E-state index contributed by atoms with van der Waals surface area (Å²) in [7, 11) is 0. The van der Waals surface area contributed by atoms with E-state index in [0.29, 0.717) is 5.56 Å². The Morgan fingerprint density at radius 3 is 2.42 bits per heavy atom. The molecule has 19 heavy (non-hydrogen) atoms. The SMILES string of the molecule is N#Cc1ccc(N(C=O)C(=O)[C@H](N)CC(=O)O)cc1. The molecule has 3 N–H and O–H groups in total. The molecule has 2 amide bonds. The highest BCUT2D eigenvalue weighted by molar-refractivity contribution is 6.10. The van der Waals surface area contributed by atoms with Gasteiger partial charge in [-0.05, 0) is 24.3 Å². The van der Waals surface area contributed by atoms with E-state index in [1.807, 2.05) is 6.07 Å². The first-order valence-corrected chi connectivity index (χ1v) is 5.25. The molecule has 1 aromatic rings. The van der Waals surface area contributed by atoms with Gasteiger partial charge < -0.3 is 10.8 Å². The summed E-state index contributed by atoms with van der Waals surface area (Å²) in [6.45, 7) is 0. The number of imide groups is 1. The number of nitrogens with zero attached hydrogens (tertiary/aromatic N) is 2. The van der Waals surface area contributed by atoms with Crippen LogP contribution in [0.3, 0.4) is 0 Å². The highest BCUT2D eigenvalue weighted by Crippen LogP contribution is 2.15. The van der Waals surface area contributed by atoms with E-state index in [0.717, 1.165) is 4.90 Å². The molecule has 1 rings (SSSR count). The van der Waals surface area contributed by atoms with Crippen molar-refractivity contribution in [2.45, 2.75) is 12.5 Å². The molecule has 98 valence electrons. The van der Waals surface area contributed by atoms with Crippen LogP contribution in [0.4, 0.5) is 5.69 Å². The Hall–Kier alpha value is -2.72. The average Bonchev–Trinajstić information content (AvgIpc) is 2.39. The summed E-state index contributed by atoms with van der Waals surface area (Å²) in [6.07, 6.45) is -0.315. The summed E-state index contributed by atoms with van der Waals surface area (Å²) in [6, 6.07) is 6.25. The summed E-state index contributed by atoms with van der Waals surface area (Å²) >= 11 is 0. The first-order valence-electron chi connectivity index (χ1n) is 5.25. The summed E-state index contributed by atoms with van der Waals surface area (Å²) in [4.78, 5) is 33.9. The van der Waals surface area contributed by atoms with Crippen molar-refractivity contribution in [2.75, 3.05) is 4.90 Å². The van der Waals surface area contributed by atoms with Crippen molar-refractivity contribution in [3.05, 3.63) is 29.8 Å². The second-order valence-corrected chi connectivity index (χ2v) is 3.68. The number of rotatable bonds is 5. The second kappa shape index (κ2) is 6.28. The van der Waals surface area contributed by atoms with Crippen LogP contribution in [0.1, 0.15) is 12.0 Å². The maximum atomic E-state index is 11.8. The van der Waals surface area contributed by atoms with E-state index in [-0.39, 0.29) is 12.1 Å². The minimum absolute atomic E-state index is 0.222. The maximum absolute atomic E-state index is 11.8. The first-order chi connectivity index (χ1) is 8.99. The molecule has 7 nitrogen and oxygen atoms in total. The van der Waals surface area contributed by atoms with Gasteiger partial charge in [0.05, 0.1) is 29.8 Å². The van der Waals surface area contributed by atoms with Crippen molar-refractivity contribution < 1.29 is 19.5 Å². The number of nitrogens with two attached hydrogens (primary N) is 1. The fourth-order valence-electron chi connectivity index (χ4n) is 1.39. The number of carbonyl (C=O) groups excluding carboxylic acids is 2. The van der Waals surface area contributed by atoms with Gasteiger partial charge in [0.1, 0.15) is 0 Å². The van der Waals surface area contributed by atoms with Crippen LogP contribution in [0.25, 0.3) is 0 Å². The van der Waals surface area contributed by atoms with Gasteiger partial charge >= 0.3 is 5.97 Å². The Bertz CT molecular complexity index is 533. The van der Waals surface area contributed by atoms with Crippen LogP contribution < -0.4 is 10.6 Å². The number of carboxylic acid groups (broad SMARTS) is 1. The minimum atomic E-state index is -1.31. The van der Waals surface area contributed by atoms with Crippen LogP contribution in [0.15, 0.2) is 24.3 Å². The van der Waals surface area contributed by atoms with Gasteiger partial charge in [0, 0.05) is 0 Å². The van der Waals surface area contributed by atoms with Gasteiger partial charge in [-0.1, -0.05) is 0 Å². The molecule has 0 saturated heterocycles. The van der Waals surface area contributed by atoms with E-state index in [2.05, 4.69) is 0 Å². The van der Waals surface area contributed by atoms with Gasteiger partial charge in [0.2, 0.25) is 6.41 Å². The number of hydrogen-bond donors (Lipinski definition) is 2. The normalized spacial score (nSPS) is 11.2. The fraction of sp³-hybridized carbons (Fsp3) is 0.167. The molecule has 0 aliphatic heterocycles. The van der Waals surface area contributed by atoms with Gasteiger partial charge in [-0.3, -0.25) is 19.3 Å². The number of carbonyl (C=O) groups is 3. The molecule has 0 unspecified atom stereocenters. The fourth-order valence-corrected chi connectivity index (χ4v) is 1.39. The number of amides is 2. The molecule has 1 atom stereocenters. The van der Waals surface area contributed by atoms with Crippen molar-refractivity contribution >= 4 is 24.0 Å². The third kappa shape index (κ3) is 3.62. The van der Waals surface area contributed by atoms with Gasteiger partial charge in [-0.25, -0.2) is 0 Å². The van der Waals surface area contributed by atoms with E-state index >= 15 is 0 Å². The maximum Gasteiger partial charge on any atom is 0.305 e. The zero-order valence-electron chi connectivity index (χ0n) is 9.81. The molecule has 0 fully saturated rings. The van der Waals surface area contributed by atoms with Crippen LogP contribution in [0, 0.1) is 11.3 Å². The number of carboxylic acids is 1. The molecule has 0 aliphatic carbocycles. The monoisotopic (exact) mass is 261 g/mol. The van der Waals surface area contributed by atoms with Crippen molar-refractivity contribution in [2.24, 2.45) is 5.73 Å². The Labute approximate surface area is 108 Å². The van der Waals surface area contributed by atoms with Crippen LogP contribution in [0.2, 0.25) is 0 Å². The summed E-state index contributed by atoms with van der Waals surface area (Å²) in [5.74, 6) is -2.05. The van der Waals surface area contributed by atoms with Crippen molar-refractivity contribution in [1.29, 1.82) is 5.26 Å². The van der Waals surface area contributed by atoms with Gasteiger partial charge in [-0.2, -0.15) is 5.26 Å². The third-order valence-corrected chi connectivity index (χ3v) is 2.33. The van der Waals surface area contributed by atoms with Gasteiger partial charge in [0.25, 0.3) is 5.91 Å². The lowest BCUT2D eigenvalue weighted by Crippen LogP contribution is -2.44. The van der Waals surface area contributed by atoms with E-state index in [1.165, 1.54) is 24.3 Å². The highest BCUT2D eigenvalue weighted by atomic mass is 16.4. The topological polar surface area (TPSA) is 124 Å². The zero-order valence-corrected chi connectivity index (χ0v) is 9.81. The molecule has 0 saturated carbocycles. The number of benzene rings is 1. The van der Waals surface area contributed by atoms with Crippen LogP contribution >= 0.6 is 0 Å². The molecule has 0 spiro atoms. The van der Waals surface area contributed by atoms with Crippen LogP contribution in [-0.4, -0.2) is 29.4 Å². The minimum Gasteiger partial charge on any atom is -0.481 e. The van der Waals surface area contributed by atoms with Gasteiger partial charge in [0.15, 0.2) is 0 Å². The molecule has 0 aliphatic rings. The molecular weight excluding hydrogens is 250 g/mol. The number of aliphatic carboxylic acids is 1. The van der Waals surface area contributed by atoms with E-state index in [9.17, 15) is 14.4 Å². The molecule has 0 heterocycles. The van der Waals surface area contributed by atoms with E-state index < -0.39 is 24.3 Å². The molecule has 7 heteroatoms. The smallest absolute Gasteiger partial charge is 0.305 e. The quantitative estimate of drug-likeness (QED) is 0.710. The Morgan fingerprint density at radius 2 is 2.00 bits per heavy atom. The van der Waals surface area contributed by atoms with Crippen molar-refractivity contribution in [3.63, 3.8) is 0 Å². The number of nitriles is 1.